The molecule has 2 aromatic heterocycles. The van der Waals surface area contributed by atoms with Gasteiger partial charge in [0.25, 0.3) is 0 Å². The van der Waals surface area contributed by atoms with Gasteiger partial charge in [0.05, 0.1) is 16.2 Å². The Balaban J connectivity index is 2.10. The molecule has 0 bridgehead atoms. The minimum atomic E-state index is 0.0358. The van der Waals surface area contributed by atoms with Crippen LogP contribution in [0.1, 0.15) is 21.6 Å². The van der Waals surface area contributed by atoms with Gasteiger partial charge in [-0.05, 0) is 6.92 Å². The Labute approximate surface area is 90.6 Å². The first kappa shape index (κ1) is 9.76. The predicted octanol–water partition coefficient (Wildman–Crippen LogP) is 2.15. The molecule has 0 radical (unpaired) electrons. The van der Waals surface area contributed by atoms with Crippen molar-refractivity contribution in [3.63, 3.8) is 0 Å². The van der Waals surface area contributed by atoms with Gasteiger partial charge < -0.3 is 5.73 Å². The van der Waals surface area contributed by atoms with E-state index in [1.807, 2.05) is 24.0 Å². The van der Waals surface area contributed by atoms with E-state index in [1.54, 1.807) is 22.7 Å². The smallest absolute Gasteiger partial charge is 0.0944 e. The number of nitrogens with zero attached hydrogens (tertiary/aromatic N) is 2. The summed E-state index contributed by atoms with van der Waals surface area (Å²) >= 11 is 3.27. The summed E-state index contributed by atoms with van der Waals surface area (Å²) < 4.78 is 0. The molecule has 0 saturated heterocycles. The molecule has 2 N–H and O–H groups in total. The Bertz CT molecular complexity index is 394. The summed E-state index contributed by atoms with van der Waals surface area (Å²) in [4.78, 5) is 9.57. The number of hydrogen-bond donors (Lipinski definition) is 1. The molecule has 2 aromatic rings. The van der Waals surface area contributed by atoms with Crippen molar-refractivity contribution < 1.29 is 0 Å². The molecule has 14 heavy (non-hydrogen) atoms. The summed E-state index contributed by atoms with van der Waals surface area (Å²) in [6.45, 7) is 1.99. The summed E-state index contributed by atoms with van der Waals surface area (Å²) in [5, 5.41) is 3.06. The number of aryl methyl sites for hydroxylation is 1. The van der Waals surface area contributed by atoms with Gasteiger partial charge >= 0.3 is 0 Å². The molecule has 2 rings (SSSR count). The summed E-state index contributed by atoms with van der Waals surface area (Å²) in [7, 11) is 0. The second kappa shape index (κ2) is 4.16. The van der Waals surface area contributed by atoms with Crippen molar-refractivity contribution in [2.75, 3.05) is 0 Å². The molecule has 1 atom stereocenters. The van der Waals surface area contributed by atoms with Crippen LogP contribution in [0.2, 0.25) is 0 Å². The van der Waals surface area contributed by atoms with Crippen molar-refractivity contribution in [3.05, 3.63) is 32.7 Å². The highest BCUT2D eigenvalue weighted by Gasteiger charge is 2.13. The summed E-state index contributed by atoms with van der Waals surface area (Å²) in [6, 6.07) is 0.0358. The number of hydrogen-bond acceptors (Lipinski definition) is 5. The molecular formula is C9H11N3S2. The van der Waals surface area contributed by atoms with E-state index >= 15 is 0 Å². The lowest BCUT2D eigenvalue weighted by molar-refractivity contribution is 0.724. The number of thiazole rings is 2. The normalized spacial score (nSPS) is 13.0. The van der Waals surface area contributed by atoms with E-state index < -0.39 is 0 Å². The quantitative estimate of drug-likeness (QED) is 0.870. The van der Waals surface area contributed by atoms with Crippen molar-refractivity contribution in [1.29, 1.82) is 0 Å². The highest BCUT2D eigenvalue weighted by atomic mass is 32.1. The predicted molar refractivity (Wildman–Crippen MR) is 59.6 cm³/mol. The van der Waals surface area contributed by atoms with Crippen LogP contribution < -0.4 is 5.73 Å². The van der Waals surface area contributed by atoms with Crippen LogP contribution in [0.15, 0.2) is 17.1 Å². The lowest BCUT2D eigenvalue weighted by Crippen LogP contribution is -2.12. The number of rotatable bonds is 3. The van der Waals surface area contributed by atoms with Gasteiger partial charge in [-0.3, -0.25) is 0 Å². The second-order valence-corrected chi connectivity index (χ2v) is 4.90. The Morgan fingerprint density at radius 1 is 1.43 bits per heavy atom. The molecule has 1 unspecified atom stereocenters. The molecular weight excluding hydrogens is 214 g/mol. The zero-order valence-corrected chi connectivity index (χ0v) is 9.44. The van der Waals surface area contributed by atoms with Crippen LogP contribution in [-0.2, 0) is 6.42 Å². The molecule has 0 aliphatic heterocycles. The summed E-state index contributed by atoms with van der Waals surface area (Å²) in [5.74, 6) is 0. The Kier molecular flexibility index (Phi) is 2.90. The maximum Gasteiger partial charge on any atom is 0.0944 e. The molecule has 74 valence electrons. The Hall–Kier alpha value is -0.780. The third-order valence-electron chi connectivity index (χ3n) is 2.00. The van der Waals surface area contributed by atoms with E-state index in [2.05, 4.69) is 9.97 Å². The molecule has 0 spiro atoms. The average Bonchev–Trinajstić information content (AvgIpc) is 2.75. The van der Waals surface area contributed by atoms with E-state index in [4.69, 9.17) is 5.73 Å². The topological polar surface area (TPSA) is 51.8 Å². The van der Waals surface area contributed by atoms with Crippen LogP contribution in [0.3, 0.4) is 0 Å². The maximum atomic E-state index is 6.07. The molecule has 0 saturated carbocycles. The monoisotopic (exact) mass is 225 g/mol. The summed E-state index contributed by atoms with van der Waals surface area (Å²) in [5.41, 5.74) is 8.95. The van der Waals surface area contributed by atoms with E-state index in [0.717, 1.165) is 17.1 Å². The summed E-state index contributed by atoms with van der Waals surface area (Å²) in [6.07, 6.45) is 2.62. The van der Waals surface area contributed by atoms with Gasteiger partial charge in [0.15, 0.2) is 0 Å². The molecule has 0 fully saturated rings. The molecule has 5 heteroatoms. The molecule has 3 nitrogen and oxygen atoms in total. The Morgan fingerprint density at radius 2 is 2.29 bits per heavy atom. The molecule has 0 aromatic carbocycles. The minimum Gasteiger partial charge on any atom is -0.323 e. The van der Waals surface area contributed by atoms with E-state index in [9.17, 15) is 0 Å². The highest BCUT2D eigenvalue weighted by Crippen LogP contribution is 2.23. The van der Waals surface area contributed by atoms with Crippen molar-refractivity contribution in [2.45, 2.75) is 19.4 Å². The second-order valence-electron chi connectivity index (χ2n) is 3.04. The first-order chi connectivity index (χ1) is 6.77. The number of nitrogens with two attached hydrogens (primary N) is 1. The van der Waals surface area contributed by atoms with Gasteiger partial charge in [-0.1, -0.05) is 0 Å². The average molecular weight is 225 g/mol. The minimum absolute atomic E-state index is 0.0358. The Morgan fingerprint density at radius 3 is 2.86 bits per heavy atom. The lowest BCUT2D eigenvalue weighted by atomic mass is 10.2. The van der Waals surface area contributed by atoms with Gasteiger partial charge in [0.2, 0.25) is 0 Å². The molecule has 2 heterocycles. The fourth-order valence-corrected chi connectivity index (χ4v) is 2.78. The lowest BCUT2D eigenvalue weighted by Gasteiger charge is -2.07. The van der Waals surface area contributed by atoms with Crippen molar-refractivity contribution in [1.82, 2.24) is 9.97 Å². The zero-order valence-electron chi connectivity index (χ0n) is 7.80. The van der Waals surface area contributed by atoms with Crippen molar-refractivity contribution in [2.24, 2.45) is 5.73 Å². The van der Waals surface area contributed by atoms with Gasteiger partial charge in [-0.2, -0.15) is 0 Å². The van der Waals surface area contributed by atoms with E-state index in [1.165, 1.54) is 4.88 Å². The third kappa shape index (κ3) is 2.00. The van der Waals surface area contributed by atoms with Gasteiger partial charge in [0.1, 0.15) is 0 Å². The van der Waals surface area contributed by atoms with Crippen LogP contribution in [0.4, 0.5) is 0 Å². The number of aromatic nitrogens is 2. The standard InChI is InChI=1S/C9H11N3S2/c1-6-9(14-5-12-6)7(10)4-8-11-2-3-13-8/h2-3,5,7H,4,10H2,1H3. The zero-order chi connectivity index (χ0) is 9.97. The van der Waals surface area contributed by atoms with Crippen molar-refractivity contribution >= 4 is 22.7 Å². The highest BCUT2D eigenvalue weighted by molar-refractivity contribution is 7.10. The van der Waals surface area contributed by atoms with Crippen LogP contribution in [0, 0.1) is 6.92 Å². The van der Waals surface area contributed by atoms with Gasteiger partial charge in [-0.15, -0.1) is 22.7 Å². The van der Waals surface area contributed by atoms with Crippen LogP contribution in [-0.4, -0.2) is 9.97 Å². The molecule has 0 aliphatic rings. The first-order valence-corrected chi connectivity index (χ1v) is 6.07. The largest absolute Gasteiger partial charge is 0.323 e. The fourth-order valence-electron chi connectivity index (χ4n) is 1.30. The van der Waals surface area contributed by atoms with E-state index in [0.29, 0.717) is 0 Å². The SMILES string of the molecule is Cc1ncsc1C(N)Cc1nccs1. The molecule has 0 aliphatic carbocycles. The van der Waals surface area contributed by atoms with Crippen LogP contribution >= 0.6 is 22.7 Å². The van der Waals surface area contributed by atoms with Crippen LogP contribution in [0.25, 0.3) is 0 Å². The van der Waals surface area contributed by atoms with Crippen molar-refractivity contribution in [3.8, 4) is 0 Å². The van der Waals surface area contributed by atoms with Gasteiger partial charge in [0, 0.05) is 28.9 Å². The fraction of sp³-hybridized carbons (Fsp3) is 0.333. The van der Waals surface area contributed by atoms with Crippen LogP contribution in [0.5, 0.6) is 0 Å². The first-order valence-electron chi connectivity index (χ1n) is 4.31. The molecule has 0 amide bonds. The third-order valence-corrected chi connectivity index (χ3v) is 3.86. The van der Waals surface area contributed by atoms with E-state index in [-0.39, 0.29) is 6.04 Å². The maximum absolute atomic E-state index is 6.07. The van der Waals surface area contributed by atoms with Gasteiger partial charge in [-0.25, -0.2) is 9.97 Å².